The second-order valence-corrected chi connectivity index (χ2v) is 9.60. The van der Waals surface area contributed by atoms with Gasteiger partial charge in [0.15, 0.2) is 0 Å². The summed E-state index contributed by atoms with van der Waals surface area (Å²) < 4.78 is 5.27. The molecule has 2 rings (SSSR count). The monoisotopic (exact) mass is 472 g/mol. The van der Waals surface area contributed by atoms with Gasteiger partial charge in [0.05, 0.1) is 24.4 Å². The van der Waals surface area contributed by atoms with Crippen molar-refractivity contribution in [3.63, 3.8) is 0 Å². The second kappa shape index (κ2) is 15.9. The second-order valence-electron chi connectivity index (χ2n) is 9.60. The number of allylic oxidation sites excluding steroid dienone is 2. The van der Waals surface area contributed by atoms with Crippen molar-refractivity contribution in [2.75, 3.05) is 0 Å². The molecule has 1 aliphatic rings. The van der Waals surface area contributed by atoms with Crippen LogP contribution in [-0.2, 0) is 16.0 Å². The van der Waals surface area contributed by atoms with Crippen LogP contribution in [0, 0.1) is 11.8 Å². The molecule has 0 saturated heterocycles. The normalized spacial score (nSPS) is 24.6. The van der Waals surface area contributed by atoms with Crippen molar-refractivity contribution < 1.29 is 24.9 Å². The fourth-order valence-corrected chi connectivity index (χ4v) is 4.49. The Bertz CT molecular complexity index is 744. The molecule has 1 aromatic carbocycles. The number of ether oxygens (including phenoxy) is 1. The van der Waals surface area contributed by atoms with Crippen molar-refractivity contribution in [1.82, 2.24) is 0 Å². The highest BCUT2D eigenvalue weighted by Crippen LogP contribution is 2.36. The highest BCUT2D eigenvalue weighted by molar-refractivity contribution is 5.69. The topological polar surface area (TPSA) is 87.0 Å². The molecule has 1 aliphatic carbocycles. The maximum absolute atomic E-state index is 11.7. The number of aryl methyl sites for hydroxylation is 1. The number of carbonyl (C=O) groups is 1. The Morgan fingerprint density at radius 3 is 2.62 bits per heavy atom. The standard InChI is InChI=1S/C29H44O5/c1-3-22(2)34-29(33)18-10-5-4-9-17-25-26(28(32)21-27(25)31)20-19-24(30)16-12-11-15-23-13-7-6-8-14-23/h4,6-9,13-14,19-20,22,24-28,30-32H,3,5,10-12,15-18,21H2,1-2H3/t22?,24-,25?,26?,27-,28+/m0/s1. The molecule has 190 valence electrons. The predicted octanol–water partition coefficient (Wildman–Crippen LogP) is 5.13. The van der Waals surface area contributed by atoms with E-state index in [9.17, 15) is 20.1 Å². The van der Waals surface area contributed by atoms with Crippen molar-refractivity contribution in [2.24, 2.45) is 11.8 Å². The van der Waals surface area contributed by atoms with E-state index in [0.717, 1.165) is 38.5 Å². The van der Waals surface area contributed by atoms with E-state index in [2.05, 4.69) is 12.1 Å². The van der Waals surface area contributed by atoms with Crippen molar-refractivity contribution in [3.8, 4) is 0 Å². The molecule has 3 N–H and O–H groups in total. The molecule has 34 heavy (non-hydrogen) atoms. The summed E-state index contributed by atoms with van der Waals surface area (Å²) in [5.41, 5.74) is 1.32. The number of hydrogen-bond acceptors (Lipinski definition) is 5. The Morgan fingerprint density at radius 1 is 1.12 bits per heavy atom. The molecular weight excluding hydrogens is 428 g/mol. The van der Waals surface area contributed by atoms with E-state index in [1.54, 1.807) is 6.08 Å². The maximum atomic E-state index is 11.7. The number of carbonyl (C=O) groups excluding carboxylic acids is 1. The highest BCUT2D eigenvalue weighted by atomic mass is 16.5. The van der Waals surface area contributed by atoms with Gasteiger partial charge in [0.25, 0.3) is 0 Å². The van der Waals surface area contributed by atoms with Gasteiger partial charge in [-0.2, -0.15) is 0 Å². The third-order valence-electron chi connectivity index (χ3n) is 6.76. The minimum Gasteiger partial charge on any atom is -0.463 e. The SMILES string of the molecule is CCC(C)OC(=O)CCCC=CCC1C(C=C[C@@H](O)CCCCc2ccccc2)[C@H](O)C[C@@H]1O. The molecular formula is C29H44O5. The largest absolute Gasteiger partial charge is 0.463 e. The van der Waals surface area contributed by atoms with E-state index in [-0.39, 0.29) is 23.9 Å². The van der Waals surface area contributed by atoms with Gasteiger partial charge >= 0.3 is 5.97 Å². The summed E-state index contributed by atoms with van der Waals surface area (Å²) in [6.45, 7) is 3.89. The molecule has 0 aliphatic heterocycles. The van der Waals surface area contributed by atoms with E-state index in [1.165, 1.54) is 5.56 Å². The van der Waals surface area contributed by atoms with Crippen LogP contribution in [0.15, 0.2) is 54.6 Å². The fraction of sp³-hybridized carbons (Fsp3) is 0.621. The molecule has 0 radical (unpaired) electrons. The zero-order valence-corrected chi connectivity index (χ0v) is 20.9. The highest BCUT2D eigenvalue weighted by Gasteiger charge is 2.39. The van der Waals surface area contributed by atoms with Crippen LogP contribution in [0.25, 0.3) is 0 Å². The van der Waals surface area contributed by atoms with Gasteiger partial charge in [0, 0.05) is 18.8 Å². The van der Waals surface area contributed by atoms with Gasteiger partial charge in [-0.1, -0.05) is 68.0 Å². The van der Waals surface area contributed by atoms with Crippen molar-refractivity contribution >= 4 is 5.97 Å². The number of esters is 1. The van der Waals surface area contributed by atoms with Gasteiger partial charge in [-0.15, -0.1) is 0 Å². The minimum absolute atomic E-state index is 0.0314. The third kappa shape index (κ3) is 10.5. The van der Waals surface area contributed by atoms with Gasteiger partial charge in [0.1, 0.15) is 0 Å². The van der Waals surface area contributed by atoms with E-state index in [0.29, 0.717) is 25.7 Å². The van der Waals surface area contributed by atoms with Crippen LogP contribution in [0.5, 0.6) is 0 Å². The summed E-state index contributed by atoms with van der Waals surface area (Å²) in [6, 6.07) is 10.4. The molecule has 3 unspecified atom stereocenters. The van der Waals surface area contributed by atoms with Crippen LogP contribution < -0.4 is 0 Å². The Balaban J connectivity index is 1.70. The summed E-state index contributed by atoms with van der Waals surface area (Å²) >= 11 is 0. The molecule has 0 aromatic heterocycles. The summed E-state index contributed by atoms with van der Waals surface area (Å²) in [5, 5.41) is 31.2. The molecule has 0 heterocycles. The number of hydrogen-bond donors (Lipinski definition) is 3. The molecule has 0 amide bonds. The smallest absolute Gasteiger partial charge is 0.306 e. The van der Waals surface area contributed by atoms with E-state index in [4.69, 9.17) is 4.74 Å². The first-order valence-corrected chi connectivity index (χ1v) is 13.0. The van der Waals surface area contributed by atoms with Crippen LogP contribution in [0.4, 0.5) is 0 Å². The molecule has 5 nitrogen and oxygen atoms in total. The fourth-order valence-electron chi connectivity index (χ4n) is 4.49. The first kappa shape index (κ1) is 28.3. The Morgan fingerprint density at radius 2 is 1.88 bits per heavy atom. The van der Waals surface area contributed by atoms with Gasteiger partial charge in [-0.3, -0.25) is 4.79 Å². The van der Waals surface area contributed by atoms with Gasteiger partial charge < -0.3 is 20.1 Å². The number of unbranched alkanes of at least 4 members (excludes halogenated alkanes) is 2. The summed E-state index contributed by atoms with van der Waals surface area (Å²) in [7, 11) is 0. The molecule has 0 bridgehead atoms. The van der Waals surface area contributed by atoms with Gasteiger partial charge in [-0.05, 0) is 63.4 Å². The average Bonchev–Trinajstić information content (AvgIpc) is 3.10. The zero-order valence-electron chi connectivity index (χ0n) is 20.9. The molecule has 1 saturated carbocycles. The maximum Gasteiger partial charge on any atom is 0.306 e. The molecule has 1 aromatic rings. The van der Waals surface area contributed by atoms with E-state index in [1.807, 2.05) is 50.3 Å². The van der Waals surface area contributed by atoms with Gasteiger partial charge in [0.2, 0.25) is 0 Å². The number of rotatable bonds is 15. The molecule has 5 heteroatoms. The van der Waals surface area contributed by atoms with Crippen LogP contribution in [0.2, 0.25) is 0 Å². The lowest BCUT2D eigenvalue weighted by Crippen LogP contribution is -2.20. The van der Waals surface area contributed by atoms with E-state index < -0.39 is 18.3 Å². The lowest BCUT2D eigenvalue weighted by atomic mass is 9.89. The van der Waals surface area contributed by atoms with Crippen LogP contribution in [0.3, 0.4) is 0 Å². The first-order valence-electron chi connectivity index (χ1n) is 13.0. The van der Waals surface area contributed by atoms with Crippen LogP contribution in [0.1, 0.15) is 77.2 Å². The molecule has 6 atom stereocenters. The number of benzene rings is 1. The van der Waals surface area contributed by atoms with Crippen LogP contribution >= 0.6 is 0 Å². The number of aliphatic hydroxyl groups excluding tert-OH is 3. The Kier molecular flexibility index (Phi) is 13.2. The summed E-state index contributed by atoms with van der Waals surface area (Å²) in [5.74, 6) is -0.381. The third-order valence-corrected chi connectivity index (χ3v) is 6.76. The van der Waals surface area contributed by atoms with E-state index >= 15 is 0 Å². The first-order chi connectivity index (χ1) is 16.4. The van der Waals surface area contributed by atoms with Crippen molar-refractivity contribution in [2.45, 2.75) is 102 Å². The Hall–Kier alpha value is -1.95. The average molecular weight is 473 g/mol. The predicted molar refractivity (Wildman–Crippen MR) is 136 cm³/mol. The summed E-state index contributed by atoms with van der Waals surface area (Å²) in [4.78, 5) is 11.7. The number of aliphatic hydroxyl groups is 3. The summed E-state index contributed by atoms with van der Waals surface area (Å²) in [6.07, 6.45) is 13.5. The molecule has 0 spiro atoms. The Labute approximate surface area is 205 Å². The van der Waals surface area contributed by atoms with Crippen molar-refractivity contribution in [3.05, 3.63) is 60.2 Å². The quantitative estimate of drug-likeness (QED) is 0.187. The minimum atomic E-state index is -0.592. The van der Waals surface area contributed by atoms with Crippen molar-refractivity contribution in [1.29, 1.82) is 0 Å². The lowest BCUT2D eigenvalue weighted by molar-refractivity contribution is -0.148. The van der Waals surface area contributed by atoms with Crippen LogP contribution in [-0.4, -0.2) is 45.7 Å². The zero-order chi connectivity index (χ0) is 24.8. The molecule has 1 fully saturated rings. The van der Waals surface area contributed by atoms with Gasteiger partial charge in [-0.25, -0.2) is 0 Å². The lowest BCUT2D eigenvalue weighted by Gasteiger charge is -2.19.